The van der Waals surface area contributed by atoms with E-state index >= 15 is 0 Å². The van der Waals surface area contributed by atoms with Crippen molar-refractivity contribution in [2.24, 2.45) is 0 Å². The monoisotopic (exact) mass is 300 g/mol. The van der Waals surface area contributed by atoms with E-state index in [4.69, 9.17) is 0 Å². The van der Waals surface area contributed by atoms with Crippen LogP contribution in [0, 0.1) is 0 Å². The highest BCUT2D eigenvalue weighted by molar-refractivity contribution is 7.11. The zero-order valence-electron chi connectivity index (χ0n) is 12.7. The third-order valence-corrected chi connectivity index (χ3v) is 5.01. The Hall–Kier alpha value is -1.16. The van der Waals surface area contributed by atoms with Gasteiger partial charge in [0, 0.05) is 35.4 Å². The van der Waals surface area contributed by atoms with Crippen molar-refractivity contribution in [2.45, 2.75) is 45.4 Å². The Balaban J connectivity index is 1.53. The molecule has 0 saturated heterocycles. The maximum atomic E-state index is 3.59. The van der Waals surface area contributed by atoms with Gasteiger partial charge >= 0.3 is 0 Å². The molecule has 3 rings (SSSR count). The van der Waals surface area contributed by atoms with Crippen LogP contribution in [0.15, 0.2) is 42.5 Å². The molecule has 2 nitrogen and oxygen atoms in total. The third-order valence-electron chi connectivity index (χ3n) is 3.94. The van der Waals surface area contributed by atoms with Gasteiger partial charge < -0.3 is 5.32 Å². The fraction of sp³-hybridized carbons (Fsp3) is 0.444. The van der Waals surface area contributed by atoms with Crippen LogP contribution >= 0.6 is 11.3 Å². The lowest BCUT2D eigenvalue weighted by Crippen LogP contribution is -2.21. The molecule has 1 saturated carbocycles. The van der Waals surface area contributed by atoms with Crippen molar-refractivity contribution in [3.05, 3.63) is 57.8 Å². The van der Waals surface area contributed by atoms with Crippen molar-refractivity contribution in [2.75, 3.05) is 6.54 Å². The van der Waals surface area contributed by atoms with Crippen LogP contribution in [0.2, 0.25) is 0 Å². The Morgan fingerprint density at radius 1 is 1.05 bits per heavy atom. The summed E-state index contributed by atoms with van der Waals surface area (Å²) < 4.78 is 0. The van der Waals surface area contributed by atoms with Crippen molar-refractivity contribution in [3.8, 4) is 0 Å². The van der Waals surface area contributed by atoms with Gasteiger partial charge in [-0.05, 0) is 37.1 Å². The molecular weight excluding hydrogens is 276 g/mol. The van der Waals surface area contributed by atoms with Crippen molar-refractivity contribution < 1.29 is 0 Å². The van der Waals surface area contributed by atoms with Crippen LogP contribution in [-0.2, 0) is 19.6 Å². The Kier molecular flexibility index (Phi) is 5.07. The lowest BCUT2D eigenvalue weighted by atomic mass is 10.2. The summed E-state index contributed by atoms with van der Waals surface area (Å²) in [5, 5.41) is 3.59. The summed E-state index contributed by atoms with van der Waals surface area (Å²) in [5.74, 6) is 0. The van der Waals surface area contributed by atoms with E-state index in [9.17, 15) is 0 Å². The van der Waals surface area contributed by atoms with Gasteiger partial charge in [-0.2, -0.15) is 0 Å². The second-order valence-corrected chi connectivity index (χ2v) is 7.06. The molecule has 21 heavy (non-hydrogen) atoms. The quantitative estimate of drug-likeness (QED) is 0.792. The molecule has 0 amide bonds. The number of hydrogen-bond acceptors (Lipinski definition) is 3. The summed E-state index contributed by atoms with van der Waals surface area (Å²) in [4.78, 5) is 5.44. The van der Waals surface area contributed by atoms with Gasteiger partial charge in [0.2, 0.25) is 0 Å². The van der Waals surface area contributed by atoms with E-state index in [0.717, 1.165) is 32.2 Å². The van der Waals surface area contributed by atoms with Gasteiger partial charge in [-0.25, -0.2) is 0 Å². The van der Waals surface area contributed by atoms with Crippen LogP contribution in [0.25, 0.3) is 0 Å². The number of rotatable bonds is 8. The number of thiophene rings is 1. The second kappa shape index (κ2) is 7.21. The molecule has 1 aromatic carbocycles. The second-order valence-electron chi connectivity index (χ2n) is 5.81. The van der Waals surface area contributed by atoms with Gasteiger partial charge in [0.15, 0.2) is 0 Å². The van der Waals surface area contributed by atoms with E-state index in [1.54, 1.807) is 0 Å². The molecule has 1 N–H and O–H groups in total. The highest BCUT2D eigenvalue weighted by Crippen LogP contribution is 2.22. The molecule has 1 aromatic heterocycles. The molecule has 1 aliphatic rings. The number of nitrogens with one attached hydrogen (secondary N) is 1. The van der Waals surface area contributed by atoms with Crippen molar-refractivity contribution in [1.29, 1.82) is 0 Å². The predicted molar refractivity (Wildman–Crippen MR) is 90.4 cm³/mol. The zero-order chi connectivity index (χ0) is 14.5. The first-order valence-corrected chi connectivity index (χ1v) is 8.72. The Labute approximate surface area is 131 Å². The van der Waals surface area contributed by atoms with Crippen LogP contribution in [0.3, 0.4) is 0 Å². The topological polar surface area (TPSA) is 15.3 Å². The van der Waals surface area contributed by atoms with Gasteiger partial charge in [0.1, 0.15) is 0 Å². The standard InChI is InChI=1S/C18H24N2S/c1-2-20(13-15-6-4-3-5-7-15)14-18-11-10-17(21-18)12-19-16-8-9-16/h3-7,10-11,16,19H,2,8-9,12-14H2,1H3. The molecule has 2 aromatic rings. The third kappa shape index (κ3) is 4.67. The molecular formula is C18H24N2S. The Morgan fingerprint density at radius 2 is 1.81 bits per heavy atom. The van der Waals surface area contributed by atoms with E-state index < -0.39 is 0 Å². The minimum atomic E-state index is 0.792. The number of nitrogens with zero attached hydrogens (tertiary/aromatic N) is 1. The first-order chi connectivity index (χ1) is 10.3. The molecule has 0 aliphatic heterocycles. The van der Waals surface area contributed by atoms with Crippen molar-refractivity contribution in [1.82, 2.24) is 10.2 Å². The van der Waals surface area contributed by atoms with Gasteiger partial charge in [-0.3, -0.25) is 4.90 Å². The molecule has 1 aliphatic carbocycles. The molecule has 0 unspecified atom stereocenters. The predicted octanol–water partition coefficient (Wildman–Crippen LogP) is 4.02. The van der Waals surface area contributed by atoms with Gasteiger partial charge in [-0.1, -0.05) is 37.3 Å². The first-order valence-electron chi connectivity index (χ1n) is 7.90. The van der Waals surface area contributed by atoms with Gasteiger partial charge in [0.25, 0.3) is 0 Å². The van der Waals surface area contributed by atoms with E-state index in [1.807, 2.05) is 11.3 Å². The lowest BCUT2D eigenvalue weighted by molar-refractivity contribution is 0.274. The van der Waals surface area contributed by atoms with Crippen LogP contribution in [-0.4, -0.2) is 17.5 Å². The van der Waals surface area contributed by atoms with E-state index in [2.05, 4.69) is 59.6 Å². The maximum absolute atomic E-state index is 3.59. The zero-order valence-corrected chi connectivity index (χ0v) is 13.5. The van der Waals surface area contributed by atoms with Crippen LogP contribution in [0.4, 0.5) is 0 Å². The SMILES string of the molecule is CCN(Cc1ccccc1)Cc1ccc(CNC2CC2)s1. The fourth-order valence-corrected chi connectivity index (χ4v) is 3.49. The highest BCUT2D eigenvalue weighted by Gasteiger charge is 2.20. The average molecular weight is 300 g/mol. The van der Waals surface area contributed by atoms with E-state index in [-0.39, 0.29) is 0 Å². The summed E-state index contributed by atoms with van der Waals surface area (Å²) in [6, 6.07) is 16.1. The maximum Gasteiger partial charge on any atom is 0.0331 e. The first kappa shape index (κ1) is 14.8. The lowest BCUT2D eigenvalue weighted by Gasteiger charge is -2.19. The Bertz CT molecular complexity index is 545. The summed E-state index contributed by atoms with van der Waals surface area (Å²) in [6.07, 6.45) is 2.72. The fourth-order valence-electron chi connectivity index (χ4n) is 2.48. The molecule has 3 heteroatoms. The normalized spacial score (nSPS) is 14.8. The molecule has 112 valence electrons. The molecule has 1 heterocycles. The molecule has 1 fully saturated rings. The number of hydrogen-bond donors (Lipinski definition) is 1. The summed E-state index contributed by atoms with van der Waals surface area (Å²) in [6.45, 7) is 6.46. The van der Waals surface area contributed by atoms with E-state index in [1.165, 1.54) is 28.2 Å². The smallest absolute Gasteiger partial charge is 0.0331 e. The minimum Gasteiger partial charge on any atom is -0.309 e. The van der Waals surface area contributed by atoms with Crippen molar-refractivity contribution in [3.63, 3.8) is 0 Å². The van der Waals surface area contributed by atoms with Gasteiger partial charge in [-0.15, -0.1) is 11.3 Å². The number of benzene rings is 1. The summed E-state index contributed by atoms with van der Waals surface area (Å²) in [7, 11) is 0. The molecule has 0 radical (unpaired) electrons. The summed E-state index contributed by atoms with van der Waals surface area (Å²) in [5.41, 5.74) is 1.39. The highest BCUT2D eigenvalue weighted by atomic mass is 32.1. The van der Waals surface area contributed by atoms with E-state index in [0.29, 0.717) is 0 Å². The largest absolute Gasteiger partial charge is 0.309 e. The molecule has 0 spiro atoms. The van der Waals surface area contributed by atoms with Crippen LogP contribution in [0.5, 0.6) is 0 Å². The summed E-state index contributed by atoms with van der Waals surface area (Å²) >= 11 is 1.95. The van der Waals surface area contributed by atoms with Crippen LogP contribution < -0.4 is 5.32 Å². The molecule has 0 atom stereocenters. The van der Waals surface area contributed by atoms with Crippen molar-refractivity contribution >= 4 is 11.3 Å². The molecule has 0 bridgehead atoms. The van der Waals surface area contributed by atoms with Crippen LogP contribution in [0.1, 0.15) is 35.1 Å². The average Bonchev–Trinajstić information content (AvgIpc) is 3.25. The van der Waals surface area contributed by atoms with Gasteiger partial charge in [0.05, 0.1) is 0 Å². The Morgan fingerprint density at radius 3 is 2.52 bits per heavy atom. The minimum absolute atomic E-state index is 0.792.